The minimum atomic E-state index is -1.97. The van der Waals surface area contributed by atoms with Gasteiger partial charge in [0.25, 0.3) is 0 Å². The van der Waals surface area contributed by atoms with E-state index in [0.29, 0.717) is 57.8 Å². The van der Waals surface area contributed by atoms with Crippen LogP contribution in [0.2, 0.25) is 0 Å². The summed E-state index contributed by atoms with van der Waals surface area (Å²) in [6.07, 6.45) is 4.76. The lowest BCUT2D eigenvalue weighted by Crippen LogP contribution is -2.59. The highest BCUT2D eigenvalue weighted by Crippen LogP contribution is 2.55. The van der Waals surface area contributed by atoms with Gasteiger partial charge in [0.2, 0.25) is 5.79 Å². The number of hydrogen-bond donors (Lipinski definition) is 4. The van der Waals surface area contributed by atoms with Crippen LogP contribution in [0, 0.1) is 17.8 Å². The topological polar surface area (TPSA) is 198 Å². The lowest BCUT2D eigenvalue weighted by Gasteiger charge is -2.47. The fourth-order valence-corrected chi connectivity index (χ4v) is 12.5. The van der Waals surface area contributed by atoms with Crippen molar-refractivity contribution in [3.8, 4) is 0 Å². The summed E-state index contributed by atoms with van der Waals surface area (Å²) in [6.45, 7) is 11.7. The SMILES string of the molecule is CC1=C\[C@H](C)C[C@@]2(C)CC[C@@H](O2)[C@@]23CC[C@@](CO)(CC(O2)[C@H]2O[C@](C)(CC2=O)[C@@H](O)[C@@H]2CC[C@]4(CCC[C@H](O4)[C@@H](C)C(=O)O[C@@H]4C[C@@H]([C@]5(O)OCC[C@H](C)[C@@H]5O)O[C@@H]4\C=C\1)O2)O3. The van der Waals surface area contributed by atoms with Crippen molar-refractivity contribution in [3.63, 3.8) is 0 Å². The van der Waals surface area contributed by atoms with Crippen LogP contribution < -0.4 is 0 Å². The minimum Gasteiger partial charge on any atom is -0.459 e. The monoisotopic (exact) mass is 874 g/mol. The number of aliphatic hydroxyl groups is 4. The van der Waals surface area contributed by atoms with Crippen molar-refractivity contribution in [2.24, 2.45) is 17.8 Å². The van der Waals surface area contributed by atoms with E-state index in [9.17, 15) is 30.0 Å². The van der Waals surface area contributed by atoms with E-state index in [-0.39, 0.29) is 50.1 Å². The Morgan fingerprint density at radius 2 is 1.60 bits per heavy atom. The van der Waals surface area contributed by atoms with E-state index in [0.717, 1.165) is 18.4 Å². The van der Waals surface area contributed by atoms with E-state index in [4.69, 9.17) is 42.6 Å². The summed E-state index contributed by atoms with van der Waals surface area (Å²) < 4.78 is 58.8. The zero-order valence-electron chi connectivity index (χ0n) is 37.3. The van der Waals surface area contributed by atoms with Crippen molar-refractivity contribution in [1.29, 1.82) is 0 Å². The van der Waals surface area contributed by atoms with Crippen molar-refractivity contribution >= 4 is 11.8 Å². The summed E-state index contributed by atoms with van der Waals surface area (Å²) in [6, 6.07) is 0. The Bertz CT molecular complexity index is 1770. The summed E-state index contributed by atoms with van der Waals surface area (Å²) >= 11 is 0. The van der Waals surface area contributed by atoms with Crippen LogP contribution in [0.15, 0.2) is 23.8 Å². The van der Waals surface area contributed by atoms with E-state index < -0.39 is 107 Å². The first kappa shape index (κ1) is 45.3. The molecule has 0 aromatic carbocycles. The number of ketones is 1. The van der Waals surface area contributed by atoms with Gasteiger partial charge >= 0.3 is 5.97 Å². The molecule has 0 aromatic heterocycles. The molecule has 15 heteroatoms. The van der Waals surface area contributed by atoms with E-state index in [1.54, 1.807) is 13.8 Å². The zero-order valence-corrected chi connectivity index (χ0v) is 37.3. The van der Waals surface area contributed by atoms with Gasteiger partial charge < -0.3 is 63.1 Å². The molecule has 2 spiro atoms. The molecular weight excluding hydrogens is 805 g/mol. The summed E-state index contributed by atoms with van der Waals surface area (Å²) in [5.74, 6) is -5.63. The average Bonchev–Trinajstić information content (AvgIpc) is 4.06. The third-order valence-electron chi connectivity index (χ3n) is 16.0. The number of allylic oxidation sites excluding steroid dienone is 3. The third-order valence-corrected chi connectivity index (χ3v) is 16.0. The van der Waals surface area contributed by atoms with Gasteiger partial charge in [0.05, 0.1) is 48.6 Å². The van der Waals surface area contributed by atoms with E-state index in [1.807, 2.05) is 26.0 Å². The number of Topliss-reactive ketones (excluding diaryl/α,β-unsaturated/α-hetero) is 1. The summed E-state index contributed by atoms with van der Waals surface area (Å²) in [5, 5.41) is 45.5. The van der Waals surface area contributed by atoms with Crippen molar-refractivity contribution in [2.75, 3.05) is 13.2 Å². The highest BCUT2D eigenvalue weighted by atomic mass is 16.8. The highest BCUT2D eigenvalue weighted by molar-refractivity contribution is 5.86. The lowest BCUT2D eigenvalue weighted by molar-refractivity contribution is -0.365. The molecule has 19 atom stereocenters. The smallest absolute Gasteiger partial charge is 0.311 e. The molecule has 9 aliphatic heterocycles. The van der Waals surface area contributed by atoms with Gasteiger partial charge in [0, 0.05) is 38.5 Å². The molecule has 348 valence electrons. The molecule has 9 aliphatic rings. The van der Waals surface area contributed by atoms with Gasteiger partial charge in [-0.05, 0) is 90.9 Å². The number of fused-ring (bicyclic) bond motifs is 10. The average molecular weight is 875 g/mol. The molecule has 9 rings (SSSR count). The molecule has 15 nitrogen and oxygen atoms in total. The second-order valence-electron chi connectivity index (χ2n) is 21.2. The zero-order chi connectivity index (χ0) is 44.0. The number of carbonyl (C=O) groups excluding carboxylic acids is 2. The fourth-order valence-electron chi connectivity index (χ4n) is 12.5. The van der Waals surface area contributed by atoms with E-state index in [2.05, 4.69) is 19.9 Å². The molecule has 1 unspecified atom stereocenters. The molecule has 9 heterocycles. The Morgan fingerprint density at radius 3 is 2.39 bits per heavy atom. The Balaban J connectivity index is 1.01. The van der Waals surface area contributed by atoms with Gasteiger partial charge in [-0.25, -0.2) is 0 Å². The van der Waals surface area contributed by atoms with Crippen molar-refractivity contribution in [3.05, 3.63) is 23.8 Å². The second-order valence-corrected chi connectivity index (χ2v) is 21.2. The van der Waals surface area contributed by atoms with Crippen LogP contribution in [0.3, 0.4) is 0 Å². The molecule has 62 heavy (non-hydrogen) atoms. The Labute approximate surface area is 365 Å². The van der Waals surface area contributed by atoms with Crippen LogP contribution in [0.1, 0.15) is 131 Å². The predicted molar refractivity (Wildman–Crippen MR) is 219 cm³/mol. The van der Waals surface area contributed by atoms with Crippen LogP contribution >= 0.6 is 0 Å². The molecule has 0 saturated carbocycles. The molecule has 4 N–H and O–H groups in total. The molecule has 8 saturated heterocycles. The largest absolute Gasteiger partial charge is 0.459 e. The number of ether oxygens (including phenoxy) is 9. The quantitative estimate of drug-likeness (QED) is 0.288. The first-order chi connectivity index (χ1) is 29.3. The molecule has 0 radical (unpaired) electrons. The molecule has 0 aromatic rings. The lowest BCUT2D eigenvalue weighted by atomic mass is 9.87. The van der Waals surface area contributed by atoms with Crippen LogP contribution in [0.5, 0.6) is 0 Å². The van der Waals surface area contributed by atoms with Crippen LogP contribution in [-0.2, 0) is 52.2 Å². The first-order valence-corrected chi connectivity index (χ1v) is 23.5. The van der Waals surface area contributed by atoms with Crippen molar-refractivity contribution in [1.82, 2.24) is 0 Å². The van der Waals surface area contributed by atoms with Gasteiger partial charge in [-0.15, -0.1) is 0 Å². The van der Waals surface area contributed by atoms with E-state index in [1.165, 1.54) is 0 Å². The normalized spacial score (nSPS) is 55.0. The summed E-state index contributed by atoms with van der Waals surface area (Å²) in [5.41, 5.74) is -1.73. The van der Waals surface area contributed by atoms with Crippen LogP contribution in [0.25, 0.3) is 0 Å². The van der Waals surface area contributed by atoms with Crippen LogP contribution in [0.4, 0.5) is 0 Å². The molecular formula is C47H70O15. The highest BCUT2D eigenvalue weighted by Gasteiger charge is 2.66. The Kier molecular flexibility index (Phi) is 12.0. The fraction of sp³-hybridized carbons (Fsp3) is 0.872. The number of carbonyl (C=O) groups is 2. The maximum atomic E-state index is 14.1. The predicted octanol–water partition coefficient (Wildman–Crippen LogP) is 4.23. The maximum Gasteiger partial charge on any atom is 0.311 e. The minimum absolute atomic E-state index is 0.0379. The molecule has 10 bridgehead atoms. The number of hydrogen-bond acceptors (Lipinski definition) is 15. The van der Waals surface area contributed by atoms with Gasteiger partial charge in [-0.2, -0.15) is 0 Å². The van der Waals surface area contributed by atoms with Gasteiger partial charge in [-0.1, -0.05) is 37.6 Å². The van der Waals surface area contributed by atoms with Gasteiger partial charge in [0.15, 0.2) is 17.4 Å². The first-order valence-electron chi connectivity index (χ1n) is 23.5. The Morgan fingerprint density at radius 1 is 0.806 bits per heavy atom. The number of aliphatic hydroxyl groups excluding tert-OH is 3. The van der Waals surface area contributed by atoms with Crippen LogP contribution in [-0.4, -0.2) is 141 Å². The van der Waals surface area contributed by atoms with Gasteiger partial charge in [0.1, 0.15) is 48.3 Å². The molecule has 0 aliphatic carbocycles. The summed E-state index contributed by atoms with van der Waals surface area (Å²) in [4.78, 5) is 28.0. The Hall–Kier alpha value is -1.86. The second kappa shape index (κ2) is 16.5. The van der Waals surface area contributed by atoms with Crippen molar-refractivity contribution in [2.45, 2.75) is 227 Å². The third kappa shape index (κ3) is 8.09. The molecule has 0 amide bonds. The number of esters is 1. The summed E-state index contributed by atoms with van der Waals surface area (Å²) in [7, 11) is 0. The van der Waals surface area contributed by atoms with Gasteiger partial charge in [-0.3, -0.25) is 9.59 Å². The van der Waals surface area contributed by atoms with Crippen molar-refractivity contribution < 1.29 is 72.6 Å². The number of rotatable bonds is 2. The molecule has 8 fully saturated rings. The maximum absolute atomic E-state index is 14.1. The van der Waals surface area contributed by atoms with E-state index >= 15 is 0 Å². The standard InChI is InChI=1S/C47H70O15/c1-26-9-10-32-34(21-37(55-32)47(53)39(50)28(3)13-19-54-47)56-41(52)29(4)31-8-7-14-45(57-31)16-11-33(58-45)40(51)43(6)23-30(49)38(61-43)35-24-44(25-48)17-18-46(59-35,62-44)36-12-15-42(5,60-36)22-27(2)20-26/h9-10,20,27-29,31-40,48,50-51,53H,7-8,11-19,21-25H2,1-6H3/b10-9+,26-20+/t27-,28-,29+,31-,32+,33-,34+,35?,36+,37-,38-,39-,40-,42+,43+,44-,45-,46-,47-/m0/s1.